The maximum atomic E-state index is 12.3. The number of methoxy groups -OCH3 is 1. The van der Waals surface area contributed by atoms with Gasteiger partial charge in [-0.15, -0.1) is 0 Å². The molecule has 112 valence electrons. The van der Waals surface area contributed by atoms with Crippen molar-refractivity contribution in [2.24, 2.45) is 0 Å². The van der Waals surface area contributed by atoms with Gasteiger partial charge in [0, 0.05) is 17.4 Å². The van der Waals surface area contributed by atoms with E-state index in [0.29, 0.717) is 12.2 Å². The fraction of sp³-hybridized carbons (Fsp3) is 0.167. The lowest BCUT2D eigenvalue weighted by Gasteiger charge is -2.06. The monoisotopic (exact) mass is 294 g/mol. The molecule has 0 atom stereocenters. The number of aryl methyl sites for hydroxylation is 1. The molecule has 0 unspecified atom stereocenters. The van der Waals surface area contributed by atoms with Gasteiger partial charge in [0.2, 0.25) is 0 Å². The van der Waals surface area contributed by atoms with Crippen molar-refractivity contribution in [1.82, 2.24) is 10.3 Å². The van der Waals surface area contributed by atoms with Crippen LogP contribution in [0, 0.1) is 6.92 Å². The molecule has 0 spiro atoms. The van der Waals surface area contributed by atoms with Gasteiger partial charge in [-0.2, -0.15) is 0 Å². The average Bonchev–Trinajstić information content (AvgIpc) is 2.96. The number of carbonyl (C=O) groups is 1. The second kappa shape index (κ2) is 5.93. The van der Waals surface area contributed by atoms with E-state index in [2.05, 4.69) is 10.3 Å². The standard InChI is InChI=1S/C18H18N2O2/c1-12-5-3-4-6-13(12)11-19-18(21)17-10-14-9-15(22-2)7-8-16(14)20-17/h3-10,20H,11H2,1-2H3,(H,19,21). The number of aromatic amines is 1. The van der Waals surface area contributed by atoms with Gasteiger partial charge in [-0.1, -0.05) is 24.3 Å². The third-order valence-electron chi connectivity index (χ3n) is 3.77. The van der Waals surface area contributed by atoms with E-state index in [1.807, 2.05) is 55.5 Å². The fourth-order valence-corrected chi connectivity index (χ4v) is 2.44. The van der Waals surface area contributed by atoms with Crippen molar-refractivity contribution in [1.29, 1.82) is 0 Å². The number of fused-ring (bicyclic) bond motifs is 1. The molecule has 1 heterocycles. The summed E-state index contributed by atoms with van der Waals surface area (Å²) in [6.45, 7) is 2.56. The second-order valence-electron chi connectivity index (χ2n) is 5.25. The minimum atomic E-state index is -0.113. The van der Waals surface area contributed by atoms with E-state index in [1.165, 1.54) is 5.56 Å². The molecule has 0 bridgehead atoms. The molecular formula is C18H18N2O2. The zero-order valence-corrected chi connectivity index (χ0v) is 12.6. The van der Waals surface area contributed by atoms with Crippen molar-refractivity contribution in [2.75, 3.05) is 7.11 Å². The minimum Gasteiger partial charge on any atom is -0.497 e. The molecule has 0 fully saturated rings. The highest BCUT2D eigenvalue weighted by atomic mass is 16.5. The van der Waals surface area contributed by atoms with Crippen molar-refractivity contribution in [2.45, 2.75) is 13.5 Å². The summed E-state index contributed by atoms with van der Waals surface area (Å²) in [6, 6.07) is 15.5. The number of ether oxygens (including phenoxy) is 1. The Labute approximate surface area is 129 Å². The first-order chi connectivity index (χ1) is 10.7. The number of aromatic nitrogens is 1. The Morgan fingerprint density at radius 2 is 2.00 bits per heavy atom. The van der Waals surface area contributed by atoms with E-state index in [9.17, 15) is 4.79 Å². The first kappa shape index (κ1) is 14.2. The van der Waals surface area contributed by atoms with Crippen LogP contribution in [0.15, 0.2) is 48.5 Å². The highest BCUT2D eigenvalue weighted by Gasteiger charge is 2.10. The van der Waals surface area contributed by atoms with Crippen LogP contribution >= 0.6 is 0 Å². The Morgan fingerprint density at radius 1 is 1.18 bits per heavy atom. The lowest BCUT2D eigenvalue weighted by molar-refractivity contribution is 0.0946. The number of H-pyrrole nitrogens is 1. The third kappa shape index (κ3) is 2.81. The molecule has 1 amide bonds. The largest absolute Gasteiger partial charge is 0.497 e. The summed E-state index contributed by atoms with van der Waals surface area (Å²) in [4.78, 5) is 15.4. The van der Waals surface area contributed by atoms with Crippen LogP contribution in [0.2, 0.25) is 0 Å². The van der Waals surface area contributed by atoms with Gasteiger partial charge in [0.15, 0.2) is 0 Å². The van der Waals surface area contributed by atoms with Crippen LogP contribution in [0.3, 0.4) is 0 Å². The highest BCUT2D eigenvalue weighted by Crippen LogP contribution is 2.21. The molecule has 3 rings (SSSR count). The molecule has 22 heavy (non-hydrogen) atoms. The Hall–Kier alpha value is -2.75. The van der Waals surface area contributed by atoms with Crippen molar-refractivity contribution < 1.29 is 9.53 Å². The van der Waals surface area contributed by atoms with Gasteiger partial charge in [-0.25, -0.2) is 0 Å². The number of hydrogen-bond acceptors (Lipinski definition) is 2. The van der Waals surface area contributed by atoms with Gasteiger partial charge in [-0.05, 0) is 42.3 Å². The van der Waals surface area contributed by atoms with Crippen LogP contribution in [0.25, 0.3) is 10.9 Å². The molecule has 2 N–H and O–H groups in total. The van der Waals surface area contributed by atoms with Crippen LogP contribution in [0.5, 0.6) is 5.75 Å². The first-order valence-corrected chi connectivity index (χ1v) is 7.17. The summed E-state index contributed by atoms with van der Waals surface area (Å²) in [5.41, 5.74) is 3.76. The summed E-state index contributed by atoms with van der Waals surface area (Å²) in [6.07, 6.45) is 0. The third-order valence-corrected chi connectivity index (χ3v) is 3.77. The van der Waals surface area contributed by atoms with Gasteiger partial charge in [0.25, 0.3) is 5.91 Å². The summed E-state index contributed by atoms with van der Waals surface area (Å²) >= 11 is 0. The van der Waals surface area contributed by atoms with E-state index >= 15 is 0 Å². The zero-order chi connectivity index (χ0) is 15.5. The fourth-order valence-electron chi connectivity index (χ4n) is 2.44. The molecule has 2 aromatic carbocycles. The van der Waals surface area contributed by atoms with Crippen molar-refractivity contribution >= 4 is 16.8 Å². The van der Waals surface area contributed by atoms with Crippen LogP contribution in [0.4, 0.5) is 0 Å². The predicted molar refractivity (Wildman–Crippen MR) is 87.2 cm³/mol. The Bertz CT molecular complexity index is 821. The van der Waals surface area contributed by atoms with E-state index in [0.717, 1.165) is 22.2 Å². The molecule has 4 heteroatoms. The molecule has 4 nitrogen and oxygen atoms in total. The molecule has 3 aromatic rings. The number of benzene rings is 2. The number of carbonyl (C=O) groups excluding carboxylic acids is 1. The van der Waals surface area contributed by atoms with Crippen LogP contribution in [-0.4, -0.2) is 18.0 Å². The highest BCUT2D eigenvalue weighted by molar-refractivity contribution is 5.98. The maximum Gasteiger partial charge on any atom is 0.267 e. The molecule has 0 aliphatic rings. The van der Waals surface area contributed by atoms with Crippen molar-refractivity contribution in [3.05, 3.63) is 65.4 Å². The van der Waals surface area contributed by atoms with E-state index in [4.69, 9.17) is 4.74 Å². The quantitative estimate of drug-likeness (QED) is 0.774. The predicted octanol–water partition coefficient (Wildman–Crippen LogP) is 3.41. The Morgan fingerprint density at radius 3 is 2.77 bits per heavy atom. The van der Waals surface area contributed by atoms with Gasteiger partial charge >= 0.3 is 0 Å². The molecule has 0 aliphatic heterocycles. The summed E-state index contributed by atoms with van der Waals surface area (Å²) < 4.78 is 5.20. The lowest BCUT2D eigenvalue weighted by atomic mass is 10.1. The number of nitrogens with one attached hydrogen (secondary N) is 2. The van der Waals surface area contributed by atoms with Gasteiger partial charge in [0.1, 0.15) is 11.4 Å². The van der Waals surface area contributed by atoms with Crippen molar-refractivity contribution in [3.8, 4) is 5.75 Å². The number of amides is 1. The van der Waals surface area contributed by atoms with Crippen LogP contribution in [0.1, 0.15) is 21.6 Å². The topological polar surface area (TPSA) is 54.1 Å². The smallest absolute Gasteiger partial charge is 0.267 e. The Balaban J connectivity index is 1.76. The number of rotatable bonds is 4. The maximum absolute atomic E-state index is 12.3. The zero-order valence-electron chi connectivity index (χ0n) is 12.6. The van der Waals surface area contributed by atoms with Gasteiger partial charge in [0.05, 0.1) is 7.11 Å². The van der Waals surface area contributed by atoms with Crippen LogP contribution in [-0.2, 0) is 6.54 Å². The van der Waals surface area contributed by atoms with E-state index in [-0.39, 0.29) is 5.91 Å². The van der Waals surface area contributed by atoms with Gasteiger partial charge in [-0.3, -0.25) is 4.79 Å². The normalized spacial score (nSPS) is 10.6. The molecule has 0 aliphatic carbocycles. The first-order valence-electron chi connectivity index (χ1n) is 7.17. The minimum absolute atomic E-state index is 0.113. The lowest BCUT2D eigenvalue weighted by Crippen LogP contribution is -2.23. The molecule has 0 saturated carbocycles. The second-order valence-corrected chi connectivity index (χ2v) is 5.25. The van der Waals surface area contributed by atoms with E-state index < -0.39 is 0 Å². The number of hydrogen-bond donors (Lipinski definition) is 2. The van der Waals surface area contributed by atoms with Crippen LogP contribution < -0.4 is 10.1 Å². The van der Waals surface area contributed by atoms with Gasteiger partial charge < -0.3 is 15.0 Å². The van der Waals surface area contributed by atoms with Crippen molar-refractivity contribution in [3.63, 3.8) is 0 Å². The summed E-state index contributed by atoms with van der Waals surface area (Å²) in [5, 5.41) is 3.90. The average molecular weight is 294 g/mol. The molecule has 0 saturated heterocycles. The molecule has 0 radical (unpaired) electrons. The Kier molecular flexibility index (Phi) is 3.83. The summed E-state index contributed by atoms with van der Waals surface area (Å²) in [7, 11) is 1.63. The SMILES string of the molecule is COc1ccc2[nH]c(C(=O)NCc3ccccc3C)cc2c1. The summed E-state index contributed by atoms with van der Waals surface area (Å²) in [5.74, 6) is 0.664. The van der Waals surface area contributed by atoms with E-state index in [1.54, 1.807) is 7.11 Å². The molecule has 1 aromatic heterocycles. The molecular weight excluding hydrogens is 276 g/mol.